The van der Waals surface area contributed by atoms with E-state index in [0.717, 1.165) is 13.1 Å². The molecular weight excluding hydrogens is 210 g/mol. The van der Waals surface area contributed by atoms with E-state index in [9.17, 15) is 0 Å². The lowest BCUT2D eigenvalue weighted by atomic mass is 10.1. The van der Waals surface area contributed by atoms with Crippen LogP contribution in [0, 0.1) is 0 Å². The normalized spacial score (nSPS) is 14.6. The molecule has 0 radical (unpaired) electrons. The van der Waals surface area contributed by atoms with Gasteiger partial charge in [0.05, 0.1) is 0 Å². The number of rotatable bonds is 8. The van der Waals surface area contributed by atoms with Gasteiger partial charge in [-0.3, -0.25) is 4.90 Å². The van der Waals surface area contributed by atoms with E-state index < -0.39 is 0 Å². The molecule has 104 valence electrons. The maximum absolute atomic E-state index is 3.58. The Kier molecular flexibility index (Phi) is 8.01. The van der Waals surface area contributed by atoms with Gasteiger partial charge >= 0.3 is 0 Å². The number of hydrogen-bond acceptors (Lipinski definition) is 3. The number of nitrogens with one attached hydrogen (secondary N) is 1. The van der Waals surface area contributed by atoms with Crippen molar-refractivity contribution >= 4 is 0 Å². The van der Waals surface area contributed by atoms with Crippen molar-refractivity contribution in [3.63, 3.8) is 0 Å². The summed E-state index contributed by atoms with van der Waals surface area (Å²) in [5, 5.41) is 3.58. The van der Waals surface area contributed by atoms with Crippen LogP contribution in [0.5, 0.6) is 0 Å². The standard InChI is InChI=1S/C14H33N3/c1-8-17(11-9-10-16(6)7)13(2)12-15-14(3,4)5/h13,15H,8-12H2,1-7H3. The topological polar surface area (TPSA) is 18.5 Å². The number of hydrogen-bond donors (Lipinski definition) is 1. The van der Waals surface area contributed by atoms with Gasteiger partial charge in [0.25, 0.3) is 0 Å². The molecule has 0 aliphatic heterocycles. The SMILES string of the molecule is CCN(CCCN(C)C)C(C)CNC(C)(C)C. The minimum Gasteiger partial charge on any atom is -0.311 e. The lowest BCUT2D eigenvalue weighted by molar-refractivity contribution is 0.194. The summed E-state index contributed by atoms with van der Waals surface area (Å²) >= 11 is 0. The number of likely N-dealkylation sites (N-methyl/N-ethyl adjacent to an activating group) is 1. The van der Waals surface area contributed by atoms with Crippen molar-refractivity contribution in [3.05, 3.63) is 0 Å². The summed E-state index contributed by atoms with van der Waals surface area (Å²) in [5.41, 5.74) is 0.220. The predicted molar refractivity (Wildman–Crippen MR) is 77.6 cm³/mol. The van der Waals surface area contributed by atoms with Gasteiger partial charge in [-0.25, -0.2) is 0 Å². The fourth-order valence-electron chi connectivity index (χ4n) is 1.86. The molecule has 3 nitrogen and oxygen atoms in total. The maximum atomic E-state index is 3.58. The summed E-state index contributed by atoms with van der Waals surface area (Å²) in [6.45, 7) is 15.8. The maximum Gasteiger partial charge on any atom is 0.0192 e. The van der Waals surface area contributed by atoms with Crippen LogP contribution in [0.15, 0.2) is 0 Å². The van der Waals surface area contributed by atoms with Crippen LogP contribution in [-0.2, 0) is 0 Å². The largest absolute Gasteiger partial charge is 0.311 e. The highest BCUT2D eigenvalue weighted by atomic mass is 15.2. The van der Waals surface area contributed by atoms with E-state index in [2.05, 4.69) is 63.8 Å². The summed E-state index contributed by atoms with van der Waals surface area (Å²) in [6, 6.07) is 0.612. The first-order chi connectivity index (χ1) is 7.76. The molecule has 0 spiro atoms. The van der Waals surface area contributed by atoms with E-state index in [1.165, 1.54) is 19.5 Å². The highest BCUT2D eigenvalue weighted by Crippen LogP contribution is 2.03. The summed E-state index contributed by atoms with van der Waals surface area (Å²) in [4.78, 5) is 4.81. The van der Waals surface area contributed by atoms with Crippen LogP contribution in [0.4, 0.5) is 0 Å². The second-order valence-electron chi connectivity index (χ2n) is 6.27. The molecule has 3 heteroatoms. The molecule has 1 atom stereocenters. The van der Waals surface area contributed by atoms with Crippen LogP contribution in [0.3, 0.4) is 0 Å². The van der Waals surface area contributed by atoms with Crippen molar-refractivity contribution in [1.29, 1.82) is 0 Å². The van der Waals surface area contributed by atoms with E-state index in [4.69, 9.17) is 0 Å². The van der Waals surface area contributed by atoms with Crippen molar-refractivity contribution in [2.75, 3.05) is 40.3 Å². The molecule has 0 aromatic carbocycles. The van der Waals surface area contributed by atoms with Gasteiger partial charge in [0.15, 0.2) is 0 Å². The smallest absolute Gasteiger partial charge is 0.0192 e. The molecule has 0 amide bonds. The van der Waals surface area contributed by atoms with E-state index in [1.807, 2.05) is 0 Å². The van der Waals surface area contributed by atoms with Crippen LogP contribution in [0.1, 0.15) is 41.0 Å². The Labute approximate surface area is 109 Å². The summed E-state index contributed by atoms with van der Waals surface area (Å²) < 4.78 is 0. The average Bonchev–Trinajstić information content (AvgIpc) is 2.19. The molecule has 0 heterocycles. The highest BCUT2D eigenvalue weighted by molar-refractivity contribution is 4.76. The van der Waals surface area contributed by atoms with E-state index >= 15 is 0 Å². The van der Waals surface area contributed by atoms with Crippen molar-refractivity contribution in [2.45, 2.75) is 52.6 Å². The second kappa shape index (κ2) is 8.06. The molecule has 0 saturated heterocycles. The molecule has 0 aliphatic rings. The van der Waals surface area contributed by atoms with Gasteiger partial charge in [0.2, 0.25) is 0 Å². The average molecular weight is 243 g/mol. The molecule has 0 aliphatic carbocycles. The van der Waals surface area contributed by atoms with Crippen molar-refractivity contribution in [2.24, 2.45) is 0 Å². The Hall–Kier alpha value is -0.120. The Morgan fingerprint density at radius 1 is 1.12 bits per heavy atom. The molecule has 0 aromatic rings. The Bertz CT molecular complexity index is 184. The van der Waals surface area contributed by atoms with Crippen LogP contribution in [0.25, 0.3) is 0 Å². The van der Waals surface area contributed by atoms with Crippen molar-refractivity contribution in [3.8, 4) is 0 Å². The zero-order chi connectivity index (χ0) is 13.5. The van der Waals surface area contributed by atoms with Gasteiger partial charge in [0.1, 0.15) is 0 Å². The third kappa shape index (κ3) is 9.57. The first-order valence-electron chi connectivity index (χ1n) is 6.90. The quantitative estimate of drug-likeness (QED) is 0.704. The first-order valence-corrected chi connectivity index (χ1v) is 6.90. The van der Waals surface area contributed by atoms with Gasteiger partial charge in [-0.05, 0) is 67.8 Å². The monoisotopic (exact) mass is 243 g/mol. The van der Waals surface area contributed by atoms with E-state index in [1.54, 1.807) is 0 Å². The van der Waals surface area contributed by atoms with Gasteiger partial charge in [-0.1, -0.05) is 6.92 Å². The third-order valence-electron chi connectivity index (χ3n) is 3.01. The van der Waals surface area contributed by atoms with Crippen molar-refractivity contribution < 1.29 is 0 Å². The Balaban J connectivity index is 3.91. The summed E-state index contributed by atoms with van der Waals surface area (Å²) in [5.74, 6) is 0. The molecule has 1 unspecified atom stereocenters. The second-order valence-corrected chi connectivity index (χ2v) is 6.27. The fraction of sp³-hybridized carbons (Fsp3) is 1.00. The molecule has 17 heavy (non-hydrogen) atoms. The first kappa shape index (κ1) is 16.9. The Morgan fingerprint density at radius 2 is 1.71 bits per heavy atom. The van der Waals surface area contributed by atoms with Crippen LogP contribution >= 0.6 is 0 Å². The predicted octanol–water partition coefficient (Wildman–Crippen LogP) is 2.04. The molecule has 1 N–H and O–H groups in total. The summed E-state index contributed by atoms with van der Waals surface area (Å²) in [6.07, 6.45) is 1.25. The van der Waals surface area contributed by atoms with Crippen LogP contribution < -0.4 is 5.32 Å². The fourth-order valence-corrected chi connectivity index (χ4v) is 1.86. The lowest BCUT2D eigenvalue weighted by Crippen LogP contribution is -2.46. The molecule has 0 rings (SSSR count). The molecular formula is C14H33N3. The molecule has 0 bridgehead atoms. The van der Waals surface area contributed by atoms with Gasteiger partial charge < -0.3 is 10.2 Å². The number of nitrogens with zero attached hydrogens (tertiary/aromatic N) is 2. The van der Waals surface area contributed by atoms with E-state index in [-0.39, 0.29) is 5.54 Å². The lowest BCUT2D eigenvalue weighted by Gasteiger charge is -2.31. The molecule has 0 saturated carbocycles. The van der Waals surface area contributed by atoms with Gasteiger partial charge in [-0.15, -0.1) is 0 Å². The zero-order valence-electron chi connectivity index (χ0n) is 13.0. The van der Waals surface area contributed by atoms with Gasteiger partial charge in [0, 0.05) is 18.1 Å². The molecule has 0 aromatic heterocycles. The zero-order valence-corrected chi connectivity index (χ0v) is 13.0. The Morgan fingerprint density at radius 3 is 2.12 bits per heavy atom. The van der Waals surface area contributed by atoms with Crippen LogP contribution in [-0.4, -0.2) is 61.7 Å². The summed E-state index contributed by atoms with van der Waals surface area (Å²) in [7, 11) is 4.28. The minimum atomic E-state index is 0.220. The molecule has 0 fully saturated rings. The van der Waals surface area contributed by atoms with E-state index in [0.29, 0.717) is 6.04 Å². The third-order valence-corrected chi connectivity index (χ3v) is 3.01. The minimum absolute atomic E-state index is 0.220. The highest BCUT2D eigenvalue weighted by Gasteiger charge is 2.15. The van der Waals surface area contributed by atoms with Gasteiger partial charge in [-0.2, -0.15) is 0 Å². The van der Waals surface area contributed by atoms with Crippen LogP contribution in [0.2, 0.25) is 0 Å². The van der Waals surface area contributed by atoms with Crippen molar-refractivity contribution in [1.82, 2.24) is 15.1 Å².